The summed E-state index contributed by atoms with van der Waals surface area (Å²) >= 11 is 0. The van der Waals surface area contributed by atoms with Crippen LogP contribution in [0.25, 0.3) is 0 Å². The smallest absolute Gasteiger partial charge is 0.243 e. The minimum atomic E-state index is -4.05. The van der Waals surface area contributed by atoms with Gasteiger partial charge < -0.3 is 5.32 Å². The van der Waals surface area contributed by atoms with Crippen molar-refractivity contribution in [1.29, 1.82) is 0 Å². The molecule has 1 aromatic rings. The van der Waals surface area contributed by atoms with Crippen LogP contribution in [0.4, 0.5) is 8.78 Å². The van der Waals surface area contributed by atoms with E-state index in [-0.39, 0.29) is 12.6 Å². The first-order valence-corrected chi connectivity index (χ1v) is 8.57. The van der Waals surface area contributed by atoms with Gasteiger partial charge in [-0.1, -0.05) is 19.3 Å². The predicted molar refractivity (Wildman–Crippen MR) is 76.3 cm³/mol. The highest BCUT2D eigenvalue weighted by Crippen LogP contribution is 2.23. The van der Waals surface area contributed by atoms with Gasteiger partial charge in [-0.15, -0.1) is 0 Å². The molecule has 0 heterocycles. The highest BCUT2D eigenvalue weighted by molar-refractivity contribution is 7.89. The number of sulfonamides is 1. The molecular weight excluding hydrogens is 298 g/mol. The van der Waals surface area contributed by atoms with Gasteiger partial charge in [0.1, 0.15) is 4.90 Å². The average Bonchev–Trinajstić information content (AvgIpc) is 2.43. The van der Waals surface area contributed by atoms with Crippen molar-refractivity contribution in [2.45, 2.75) is 49.6 Å². The van der Waals surface area contributed by atoms with Crippen LogP contribution in [-0.4, -0.2) is 21.5 Å². The van der Waals surface area contributed by atoms with E-state index in [0.717, 1.165) is 38.2 Å². The summed E-state index contributed by atoms with van der Waals surface area (Å²) in [5.74, 6) is -2.47. The van der Waals surface area contributed by atoms with Gasteiger partial charge in [0, 0.05) is 12.6 Å². The predicted octanol–water partition coefficient (Wildman–Crippen LogP) is 2.30. The minimum Gasteiger partial charge on any atom is -0.316 e. The van der Waals surface area contributed by atoms with Crippen LogP contribution >= 0.6 is 0 Å². The van der Waals surface area contributed by atoms with Gasteiger partial charge >= 0.3 is 0 Å². The number of nitrogens with one attached hydrogen (secondary N) is 2. The summed E-state index contributed by atoms with van der Waals surface area (Å²) < 4.78 is 54.5. The number of halogens is 2. The molecule has 0 bridgehead atoms. The maximum atomic E-state index is 13.9. The maximum Gasteiger partial charge on any atom is 0.243 e. The summed E-state index contributed by atoms with van der Waals surface area (Å²) in [6.07, 6.45) is 4.45. The largest absolute Gasteiger partial charge is 0.316 e. The van der Waals surface area contributed by atoms with Gasteiger partial charge in [-0.05, 0) is 37.6 Å². The van der Waals surface area contributed by atoms with Crippen LogP contribution in [0.2, 0.25) is 0 Å². The van der Waals surface area contributed by atoms with Crippen LogP contribution < -0.4 is 10.0 Å². The van der Waals surface area contributed by atoms with Gasteiger partial charge in [-0.3, -0.25) is 0 Å². The summed E-state index contributed by atoms with van der Waals surface area (Å²) in [5.41, 5.74) is 0.389. The monoisotopic (exact) mass is 318 g/mol. The summed E-state index contributed by atoms with van der Waals surface area (Å²) in [5, 5.41) is 2.79. The Morgan fingerprint density at radius 2 is 1.86 bits per heavy atom. The molecule has 1 aliphatic rings. The molecule has 21 heavy (non-hydrogen) atoms. The first-order valence-electron chi connectivity index (χ1n) is 7.09. The van der Waals surface area contributed by atoms with Crippen LogP contribution in [0.1, 0.15) is 37.7 Å². The van der Waals surface area contributed by atoms with Crippen molar-refractivity contribution in [1.82, 2.24) is 10.0 Å². The normalized spacial score (nSPS) is 17.1. The molecule has 0 aliphatic heterocycles. The second kappa shape index (κ2) is 6.81. The average molecular weight is 318 g/mol. The van der Waals surface area contributed by atoms with Crippen LogP contribution in [-0.2, 0) is 16.6 Å². The fourth-order valence-corrected chi connectivity index (χ4v) is 4.06. The van der Waals surface area contributed by atoms with Crippen LogP contribution in [0, 0.1) is 11.6 Å². The van der Waals surface area contributed by atoms with E-state index in [1.807, 2.05) is 0 Å². The lowest BCUT2D eigenvalue weighted by Crippen LogP contribution is -2.36. The highest BCUT2D eigenvalue weighted by Gasteiger charge is 2.26. The molecule has 1 fully saturated rings. The van der Waals surface area contributed by atoms with Crippen LogP contribution in [0.15, 0.2) is 17.0 Å². The minimum absolute atomic E-state index is 0.195. The van der Waals surface area contributed by atoms with Gasteiger partial charge in [0.25, 0.3) is 0 Å². The Morgan fingerprint density at radius 3 is 2.48 bits per heavy atom. The Morgan fingerprint density at radius 1 is 1.19 bits per heavy atom. The van der Waals surface area contributed by atoms with Crippen LogP contribution in [0.3, 0.4) is 0 Å². The molecule has 4 nitrogen and oxygen atoms in total. The van der Waals surface area contributed by atoms with Crippen molar-refractivity contribution in [2.24, 2.45) is 0 Å². The zero-order valence-corrected chi connectivity index (χ0v) is 12.8. The maximum absolute atomic E-state index is 13.9. The van der Waals surface area contributed by atoms with Gasteiger partial charge in [-0.2, -0.15) is 0 Å². The van der Waals surface area contributed by atoms with Crippen molar-refractivity contribution in [3.8, 4) is 0 Å². The second-order valence-electron chi connectivity index (χ2n) is 5.38. The SMILES string of the molecule is CNCc1cc(F)c(F)c(S(=O)(=O)NC2CCCCC2)c1. The number of hydrogen-bond donors (Lipinski definition) is 2. The van der Waals surface area contributed by atoms with E-state index in [4.69, 9.17) is 0 Å². The lowest BCUT2D eigenvalue weighted by atomic mass is 9.96. The van der Waals surface area contributed by atoms with Crippen molar-refractivity contribution in [3.05, 3.63) is 29.3 Å². The third-order valence-corrected chi connectivity index (χ3v) is 5.17. The fourth-order valence-electron chi connectivity index (χ4n) is 2.62. The highest BCUT2D eigenvalue weighted by atomic mass is 32.2. The topological polar surface area (TPSA) is 58.2 Å². The zero-order valence-electron chi connectivity index (χ0n) is 12.0. The standard InChI is InChI=1S/C14H20F2N2O2S/c1-17-9-10-7-12(15)14(16)13(8-10)21(19,20)18-11-5-3-2-4-6-11/h7-8,11,17-18H,2-6,9H2,1H3. The molecule has 1 aromatic carbocycles. The Hall–Kier alpha value is -1.05. The first kappa shape index (κ1) is 16.3. The molecule has 118 valence electrons. The molecule has 1 aliphatic carbocycles. The first-order chi connectivity index (χ1) is 9.94. The Labute approximate surface area is 124 Å². The summed E-state index contributed by atoms with van der Waals surface area (Å²) in [6.45, 7) is 0.267. The van der Waals surface area contributed by atoms with E-state index >= 15 is 0 Å². The van der Waals surface area contributed by atoms with E-state index in [1.54, 1.807) is 7.05 Å². The Bertz CT molecular complexity index is 599. The molecule has 7 heteroatoms. The second-order valence-corrected chi connectivity index (χ2v) is 7.06. The van der Waals surface area contributed by atoms with Crippen molar-refractivity contribution < 1.29 is 17.2 Å². The fraction of sp³-hybridized carbons (Fsp3) is 0.571. The number of rotatable bonds is 5. The molecule has 0 spiro atoms. The molecule has 1 saturated carbocycles. The molecule has 0 unspecified atom stereocenters. The zero-order chi connectivity index (χ0) is 15.5. The lowest BCUT2D eigenvalue weighted by molar-refractivity contribution is 0.410. The third-order valence-electron chi connectivity index (χ3n) is 3.65. The third kappa shape index (κ3) is 3.99. The van der Waals surface area contributed by atoms with E-state index in [2.05, 4.69) is 10.0 Å². The lowest BCUT2D eigenvalue weighted by Gasteiger charge is -2.22. The van der Waals surface area contributed by atoms with Gasteiger partial charge in [-0.25, -0.2) is 21.9 Å². The van der Waals surface area contributed by atoms with E-state index in [9.17, 15) is 17.2 Å². The Balaban J connectivity index is 2.29. The molecule has 0 saturated heterocycles. The van der Waals surface area contributed by atoms with E-state index in [1.165, 1.54) is 6.07 Å². The number of hydrogen-bond acceptors (Lipinski definition) is 3. The Kier molecular flexibility index (Phi) is 5.29. The summed E-state index contributed by atoms with van der Waals surface area (Å²) in [6, 6.07) is 1.99. The van der Waals surface area contributed by atoms with Gasteiger partial charge in [0.05, 0.1) is 0 Å². The van der Waals surface area contributed by atoms with Gasteiger partial charge in [0.15, 0.2) is 11.6 Å². The number of benzene rings is 1. The van der Waals surface area contributed by atoms with Crippen molar-refractivity contribution >= 4 is 10.0 Å². The van der Waals surface area contributed by atoms with Gasteiger partial charge in [0.2, 0.25) is 10.0 Å². The van der Waals surface area contributed by atoms with Crippen molar-refractivity contribution in [3.63, 3.8) is 0 Å². The molecule has 0 radical (unpaired) electrons. The van der Waals surface area contributed by atoms with E-state index in [0.29, 0.717) is 5.56 Å². The summed E-state index contributed by atoms with van der Waals surface area (Å²) in [4.78, 5) is -0.613. The molecule has 0 aromatic heterocycles. The molecular formula is C14H20F2N2O2S. The molecule has 0 atom stereocenters. The quantitative estimate of drug-likeness (QED) is 0.876. The van der Waals surface area contributed by atoms with E-state index < -0.39 is 26.6 Å². The molecule has 0 amide bonds. The van der Waals surface area contributed by atoms with Crippen LogP contribution in [0.5, 0.6) is 0 Å². The molecule has 2 rings (SSSR count). The summed E-state index contributed by atoms with van der Waals surface area (Å²) in [7, 11) is -2.40. The van der Waals surface area contributed by atoms with Crippen molar-refractivity contribution in [2.75, 3.05) is 7.05 Å². The molecule has 2 N–H and O–H groups in total.